The second-order valence-electron chi connectivity index (χ2n) is 5.61. The highest BCUT2D eigenvalue weighted by atomic mass is 19.3. The van der Waals surface area contributed by atoms with Crippen LogP contribution in [0, 0.1) is 5.41 Å². The lowest BCUT2D eigenvalue weighted by molar-refractivity contribution is -0.176. The highest BCUT2D eigenvalue weighted by Gasteiger charge is 2.59. The fourth-order valence-electron chi connectivity index (χ4n) is 1.08. The average Bonchev–Trinajstić information content (AvgIpc) is 2.12. The maximum Gasteiger partial charge on any atom is 0.410 e. The normalized spacial score (nSPS) is 15.8. The summed E-state index contributed by atoms with van der Waals surface area (Å²) in [4.78, 5) is 22.3. The van der Waals surface area contributed by atoms with Crippen LogP contribution in [0.15, 0.2) is 0 Å². The van der Waals surface area contributed by atoms with Crippen LogP contribution < -0.4 is 5.32 Å². The SMILES string of the molecule is CC(C)(C)OC(=O)NC(F)(C(=O)O)C(C)(C)C(F)F. The first-order valence-corrected chi connectivity index (χ1v) is 5.45. The van der Waals surface area contributed by atoms with Crippen LogP contribution in [0.3, 0.4) is 0 Å². The lowest BCUT2D eigenvalue weighted by Gasteiger charge is -2.36. The van der Waals surface area contributed by atoms with Crippen molar-refractivity contribution in [2.75, 3.05) is 0 Å². The minimum atomic E-state index is -3.65. The second kappa shape index (κ2) is 5.26. The van der Waals surface area contributed by atoms with Crippen LogP contribution in [0.4, 0.5) is 18.0 Å². The van der Waals surface area contributed by atoms with Crippen molar-refractivity contribution in [3.63, 3.8) is 0 Å². The van der Waals surface area contributed by atoms with Gasteiger partial charge in [-0.25, -0.2) is 22.8 Å². The topological polar surface area (TPSA) is 75.6 Å². The van der Waals surface area contributed by atoms with Gasteiger partial charge in [0.1, 0.15) is 5.60 Å². The first-order valence-electron chi connectivity index (χ1n) is 5.45. The Morgan fingerprint density at radius 3 is 1.84 bits per heavy atom. The summed E-state index contributed by atoms with van der Waals surface area (Å²) < 4.78 is 44.5. The number of carbonyl (C=O) groups is 2. The fraction of sp³-hybridized carbons (Fsp3) is 0.818. The molecule has 5 nitrogen and oxygen atoms in total. The molecule has 0 heterocycles. The van der Waals surface area contributed by atoms with E-state index in [2.05, 4.69) is 4.74 Å². The Bertz CT molecular complexity index is 365. The lowest BCUT2D eigenvalue weighted by atomic mass is 9.82. The number of alkyl halides is 3. The number of amides is 1. The van der Waals surface area contributed by atoms with Gasteiger partial charge >= 0.3 is 12.1 Å². The van der Waals surface area contributed by atoms with Crippen molar-refractivity contribution in [3.05, 3.63) is 0 Å². The lowest BCUT2D eigenvalue weighted by Crippen LogP contribution is -2.63. The van der Waals surface area contributed by atoms with Crippen molar-refractivity contribution in [1.29, 1.82) is 0 Å². The Balaban J connectivity index is 5.25. The predicted octanol–water partition coefficient (Wildman–Crippen LogP) is 2.55. The Morgan fingerprint density at radius 2 is 1.58 bits per heavy atom. The summed E-state index contributed by atoms with van der Waals surface area (Å²) in [6.45, 7) is 5.79. The predicted molar refractivity (Wildman–Crippen MR) is 60.6 cm³/mol. The van der Waals surface area contributed by atoms with Gasteiger partial charge < -0.3 is 9.84 Å². The quantitative estimate of drug-likeness (QED) is 0.778. The van der Waals surface area contributed by atoms with Crippen molar-refractivity contribution in [1.82, 2.24) is 5.32 Å². The molecule has 1 unspecified atom stereocenters. The second-order valence-corrected chi connectivity index (χ2v) is 5.61. The van der Waals surface area contributed by atoms with Crippen molar-refractivity contribution < 1.29 is 32.6 Å². The number of aliphatic carboxylic acids is 1. The Labute approximate surface area is 109 Å². The van der Waals surface area contributed by atoms with Gasteiger partial charge in [-0.2, -0.15) is 0 Å². The van der Waals surface area contributed by atoms with Crippen molar-refractivity contribution in [3.8, 4) is 0 Å². The fourth-order valence-corrected chi connectivity index (χ4v) is 1.08. The summed E-state index contributed by atoms with van der Waals surface area (Å²) in [5.74, 6) is -5.87. The van der Waals surface area contributed by atoms with Gasteiger partial charge in [0, 0.05) is 0 Å². The van der Waals surface area contributed by atoms with Crippen molar-refractivity contribution in [2.45, 2.75) is 52.4 Å². The van der Waals surface area contributed by atoms with Crippen LogP contribution >= 0.6 is 0 Å². The van der Waals surface area contributed by atoms with Crippen LogP contribution in [-0.2, 0) is 9.53 Å². The van der Waals surface area contributed by atoms with E-state index in [9.17, 15) is 22.8 Å². The summed E-state index contributed by atoms with van der Waals surface area (Å²) in [7, 11) is 0. The minimum Gasteiger partial charge on any atom is -0.477 e. The van der Waals surface area contributed by atoms with E-state index < -0.39 is 35.3 Å². The zero-order valence-corrected chi connectivity index (χ0v) is 11.4. The Kier molecular flexibility index (Phi) is 4.85. The molecule has 112 valence electrons. The molecule has 1 atom stereocenters. The summed E-state index contributed by atoms with van der Waals surface area (Å²) in [6.07, 6.45) is -4.73. The highest BCUT2D eigenvalue weighted by molar-refractivity contribution is 5.83. The molecular weight excluding hydrogens is 267 g/mol. The van der Waals surface area contributed by atoms with E-state index in [1.807, 2.05) is 0 Å². The molecule has 0 aliphatic carbocycles. The molecule has 2 N–H and O–H groups in total. The molecule has 0 aromatic heterocycles. The summed E-state index contributed by atoms with van der Waals surface area (Å²) in [6, 6.07) is 0. The molecule has 0 saturated carbocycles. The van der Waals surface area contributed by atoms with E-state index >= 15 is 0 Å². The number of carbonyl (C=O) groups excluding carboxylic acids is 1. The zero-order chi connectivity index (χ0) is 15.6. The minimum absolute atomic E-state index is 0.698. The largest absolute Gasteiger partial charge is 0.477 e. The summed E-state index contributed by atoms with van der Waals surface area (Å²) in [5, 5.41) is 10.1. The van der Waals surface area contributed by atoms with E-state index in [0.29, 0.717) is 13.8 Å². The molecule has 0 saturated heterocycles. The van der Waals surface area contributed by atoms with Crippen LogP contribution in [0.2, 0.25) is 0 Å². The molecule has 0 aliphatic rings. The number of carboxylic acids is 1. The first kappa shape index (κ1) is 17.5. The van der Waals surface area contributed by atoms with Gasteiger partial charge in [0.05, 0.1) is 5.41 Å². The molecule has 0 aromatic rings. The van der Waals surface area contributed by atoms with Crippen LogP contribution in [0.1, 0.15) is 34.6 Å². The zero-order valence-electron chi connectivity index (χ0n) is 11.4. The number of hydrogen-bond acceptors (Lipinski definition) is 3. The maximum atomic E-state index is 14.3. The van der Waals surface area contributed by atoms with Gasteiger partial charge in [-0.05, 0) is 34.6 Å². The summed E-state index contributed by atoms with van der Waals surface area (Å²) >= 11 is 0. The molecule has 8 heteroatoms. The molecule has 19 heavy (non-hydrogen) atoms. The number of ether oxygens (including phenoxy) is 1. The van der Waals surface area contributed by atoms with Crippen molar-refractivity contribution in [2.24, 2.45) is 5.41 Å². The van der Waals surface area contributed by atoms with E-state index in [0.717, 1.165) is 0 Å². The number of carboxylic acid groups (broad SMARTS) is 1. The summed E-state index contributed by atoms with van der Waals surface area (Å²) in [5.41, 5.74) is -3.64. The molecule has 0 aliphatic heterocycles. The van der Waals surface area contributed by atoms with Gasteiger partial charge in [-0.1, -0.05) is 0 Å². The van der Waals surface area contributed by atoms with E-state index in [4.69, 9.17) is 5.11 Å². The molecule has 0 aromatic carbocycles. The highest BCUT2D eigenvalue weighted by Crippen LogP contribution is 2.38. The third-order valence-corrected chi connectivity index (χ3v) is 2.40. The molecule has 0 bridgehead atoms. The monoisotopic (exact) mass is 285 g/mol. The number of alkyl carbamates (subject to hydrolysis) is 1. The average molecular weight is 285 g/mol. The maximum absolute atomic E-state index is 14.3. The third-order valence-electron chi connectivity index (χ3n) is 2.40. The van der Waals surface area contributed by atoms with Gasteiger partial charge in [-0.3, -0.25) is 5.32 Å². The Hall–Kier alpha value is -1.47. The van der Waals surface area contributed by atoms with Crippen LogP contribution in [-0.4, -0.2) is 35.0 Å². The molecular formula is C11H18F3NO4. The van der Waals surface area contributed by atoms with Gasteiger partial charge in [0.25, 0.3) is 5.79 Å². The molecule has 0 fully saturated rings. The van der Waals surface area contributed by atoms with Crippen LogP contribution in [0.5, 0.6) is 0 Å². The number of hydrogen-bond donors (Lipinski definition) is 2. The molecule has 0 radical (unpaired) electrons. The van der Waals surface area contributed by atoms with E-state index in [1.54, 1.807) is 0 Å². The van der Waals surface area contributed by atoms with E-state index in [1.165, 1.54) is 26.1 Å². The van der Waals surface area contributed by atoms with Gasteiger partial charge in [-0.15, -0.1) is 0 Å². The van der Waals surface area contributed by atoms with Gasteiger partial charge in [0.15, 0.2) is 0 Å². The number of nitrogens with one attached hydrogen (secondary N) is 1. The number of rotatable bonds is 4. The molecule has 0 rings (SSSR count). The van der Waals surface area contributed by atoms with E-state index in [-0.39, 0.29) is 0 Å². The molecule has 1 amide bonds. The smallest absolute Gasteiger partial charge is 0.410 e. The Morgan fingerprint density at radius 1 is 1.16 bits per heavy atom. The first-order chi connectivity index (χ1) is 8.24. The standard InChI is InChI=1S/C11H18F3NO4/c1-9(2,3)19-8(18)15-11(14,7(16)17)10(4,5)6(12)13/h6H,1-5H3,(H,15,18)(H,16,17). The van der Waals surface area contributed by atoms with Gasteiger partial charge in [0.2, 0.25) is 6.43 Å². The van der Waals surface area contributed by atoms with Crippen molar-refractivity contribution >= 4 is 12.1 Å². The molecule has 0 spiro atoms. The van der Waals surface area contributed by atoms with Crippen LogP contribution in [0.25, 0.3) is 0 Å². The number of halogens is 3. The third kappa shape index (κ3) is 4.00.